The molecule has 0 saturated carbocycles. The molecule has 0 amide bonds. The lowest BCUT2D eigenvalue weighted by molar-refractivity contribution is 0.381. The van der Waals surface area contributed by atoms with E-state index in [0.717, 1.165) is 17.0 Å². The minimum Gasteiger partial charge on any atom is -0.340 e. The number of hydrogen-bond acceptors (Lipinski definition) is 5. The molecule has 8 heteroatoms. The molecule has 0 unspecified atom stereocenters. The smallest absolute Gasteiger partial charge is 0.244 e. The number of fused-ring (bicyclic) bond motifs is 1. The van der Waals surface area contributed by atoms with E-state index in [4.69, 9.17) is 4.98 Å². The second-order valence-corrected chi connectivity index (χ2v) is 7.98. The van der Waals surface area contributed by atoms with Gasteiger partial charge < -0.3 is 9.47 Å². The zero-order valence-corrected chi connectivity index (χ0v) is 14.7. The summed E-state index contributed by atoms with van der Waals surface area (Å²) in [7, 11) is -1.50. The Morgan fingerprint density at radius 2 is 1.76 bits per heavy atom. The quantitative estimate of drug-likeness (QED) is 0.710. The summed E-state index contributed by atoms with van der Waals surface area (Å²) in [4.78, 5) is 11.0. The summed E-state index contributed by atoms with van der Waals surface area (Å²) in [6, 6.07) is 11.2. The lowest BCUT2D eigenvalue weighted by Crippen LogP contribution is -2.49. The Bertz CT molecular complexity index is 992. The number of pyridine rings is 1. The summed E-state index contributed by atoms with van der Waals surface area (Å²) < 4.78 is 28.9. The van der Waals surface area contributed by atoms with Crippen LogP contribution >= 0.6 is 0 Å². The molecule has 0 bridgehead atoms. The van der Waals surface area contributed by atoms with Crippen molar-refractivity contribution in [1.29, 1.82) is 0 Å². The number of nitrogens with zero attached hydrogens (tertiary/aromatic N) is 5. The third-order valence-electron chi connectivity index (χ3n) is 4.56. The summed E-state index contributed by atoms with van der Waals surface area (Å²) in [5.41, 5.74) is 2.02. The SMILES string of the molecule is Cn1c(N2CCN(S(=O)(=O)c3cccnc3)CC2)nc2ccccc21. The van der Waals surface area contributed by atoms with Gasteiger partial charge in [0.2, 0.25) is 16.0 Å². The van der Waals surface area contributed by atoms with Gasteiger partial charge in [0, 0.05) is 45.6 Å². The predicted octanol–water partition coefficient (Wildman–Crippen LogP) is 1.48. The number of benzene rings is 1. The number of hydrogen-bond donors (Lipinski definition) is 0. The highest BCUT2D eigenvalue weighted by Gasteiger charge is 2.30. The lowest BCUT2D eigenvalue weighted by Gasteiger charge is -2.34. The standard InChI is InChI=1S/C17H19N5O2S/c1-20-16-7-3-2-6-15(16)19-17(20)21-9-11-22(12-10-21)25(23,24)14-5-4-8-18-13-14/h2-8,13H,9-12H2,1H3. The largest absolute Gasteiger partial charge is 0.340 e. The zero-order chi connectivity index (χ0) is 17.4. The van der Waals surface area contributed by atoms with E-state index in [-0.39, 0.29) is 4.90 Å². The van der Waals surface area contributed by atoms with Gasteiger partial charge in [-0.3, -0.25) is 4.98 Å². The van der Waals surface area contributed by atoms with Crippen molar-refractivity contribution >= 4 is 27.0 Å². The van der Waals surface area contributed by atoms with Gasteiger partial charge in [0.05, 0.1) is 11.0 Å². The molecule has 7 nitrogen and oxygen atoms in total. The van der Waals surface area contributed by atoms with Gasteiger partial charge in [-0.2, -0.15) is 4.31 Å². The van der Waals surface area contributed by atoms with Crippen molar-refractivity contribution in [2.75, 3.05) is 31.1 Å². The molecule has 0 radical (unpaired) electrons. The number of sulfonamides is 1. The van der Waals surface area contributed by atoms with E-state index in [0.29, 0.717) is 26.2 Å². The molecule has 4 rings (SSSR count). The van der Waals surface area contributed by atoms with Crippen molar-refractivity contribution in [3.63, 3.8) is 0 Å². The molecule has 1 fully saturated rings. The Labute approximate surface area is 146 Å². The Kier molecular flexibility index (Phi) is 3.93. The first-order valence-electron chi connectivity index (χ1n) is 8.14. The summed E-state index contributed by atoms with van der Waals surface area (Å²) >= 11 is 0. The molecular weight excluding hydrogens is 338 g/mol. The molecule has 2 aromatic heterocycles. The van der Waals surface area contributed by atoms with Crippen molar-refractivity contribution in [2.24, 2.45) is 7.05 Å². The maximum absolute atomic E-state index is 12.7. The molecule has 1 saturated heterocycles. The first kappa shape index (κ1) is 16.0. The molecule has 1 aliphatic rings. The molecule has 1 aliphatic heterocycles. The maximum Gasteiger partial charge on any atom is 0.244 e. The van der Waals surface area contributed by atoms with Crippen LogP contribution in [-0.4, -0.2) is 53.4 Å². The fourth-order valence-electron chi connectivity index (χ4n) is 3.19. The van der Waals surface area contributed by atoms with Crippen molar-refractivity contribution in [1.82, 2.24) is 18.8 Å². The highest BCUT2D eigenvalue weighted by atomic mass is 32.2. The molecule has 0 atom stereocenters. The van der Waals surface area contributed by atoms with Crippen LogP contribution in [0, 0.1) is 0 Å². The second-order valence-electron chi connectivity index (χ2n) is 6.04. The first-order chi connectivity index (χ1) is 12.1. The minimum absolute atomic E-state index is 0.242. The van der Waals surface area contributed by atoms with Crippen molar-refractivity contribution in [2.45, 2.75) is 4.90 Å². The first-order valence-corrected chi connectivity index (χ1v) is 9.58. The van der Waals surface area contributed by atoms with E-state index < -0.39 is 10.0 Å². The third kappa shape index (κ3) is 2.77. The van der Waals surface area contributed by atoms with Gasteiger partial charge in [-0.1, -0.05) is 12.1 Å². The number of aromatic nitrogens is 3. The number of anilines is 1. The molecule has 130 valence electrons. The fraction of sp³-hybridized carbons (Fsp3) is 0.294. The summed E-state index contributed by atoms with van der Waals surface area (Å²) in [6.07, 6.45) is 2.97. The fourth-order valence-corrected chi connectivity index (χ4v) is 4.58. The monoisotopic (exact) mass is 357 g/mol. The number of aryl methyl sites for hydroxylation is 1. The van der Waals surface area contributed by atoms with E-state index in [2.05, 4.69) is 14.5 Å². The Hall–Kier alpha value is -2.45. The Morgan fingerprint density at radius 1 is 1.00 bits per heavy atom. The molecule has 25 heavy (non-hydrogen) atoms. The molecule has 3 heterocycles. The number of rotatable bonds is 3. The van der Waals surface area contributed by atoms with Crippen LogP contribution in [0.15, 0.2) is 53.7 Å². The molecule has 0 N–H and O–H groups in total. The second kappa shape index (κ2) is 6.12. The molecule has 1 aromatic carbocycles. The maximum atomic E-state index is 12.7. The summed E-state index contributed by atoms with van der Waals surface area (Å²) in [5.74, 6) is 0.875. The van der Waals surface area contributed by atoms with Crippen LogP contribution in [0.2, 0.25) is 0 Å². The zero-order valence-electron chi connectivity index (χ0n) is 13.9. The highest BCUT2D eigenvalue weighted by Crippen LogP contribution is 2.23. The Balaban J connectivity index is 1.54. The highest BCUT2D eigenvalue weighted by molar-refractivity contribution is 7.89. The van der Waals surface area contributed by atoms with Crippen molar-refractivity contribution in [3.05, 3.63) is 48.8 Å². The van der Waals surface area contributed by atoms with Gasteiger partial charge in [-0.05, 0) is 24.3 Å². The third-order valence-corrected chi connectivity index (χ3v) is 6.44. The van der Waals surface area contributed by atoms with Crippen LogP contribution < -0.4 is 4.90 Å². The van der Waals surface area contributed by atoms with E-state index in [1.165, 1.54) is 10.5 Å². The van der Waals surface area contributed by atoms with Gasteiger partial charge in [0.15, 0.2) is 0 Å². The number of piperazine rings is 1. The van der Waals surface area contributed by atoms with Gasteiger partial charge in [0.25, 0.3) is 0 Å². The van der Waals surface area contributed by atoms with Gasteiger partial charge >= 0.3 is 0 Å². The van der Waals surface area contributed by atoms with Crippen molar-refractivity contribution < 1.29 is 8.42 Å². The van der Waals surface area contributed by atoms with E-state index in [9.17, 15) is 8.42 Å². The number of imidazole rings is 1. The van der Waals surface area contributed by atoms with Crippen LogP contribution in [0.3, 0.4) is 0 Å². The summed E-state index contributed by atoms with van der Waals surface area (Å²) in [6.45, 7) is 2.08. The van der Waals surface area contributed by atoms with E-state index >= 15 is 0 Å². The van der Waals surface area contributed by atoms with Crippen LogP contribution in [0.5, 0.6) is 0 Å². The van der Waals surface area contributed by atoms with Gasteiger partial charge in [-0.15, -0.1) is 0 Å². The van der Waals surface area contributed by atoms with Crippen LogP contribution in [0.1, 0.15) is 0 Å². The average Bonchev–Trinajstić information content (AvgIpc) is 3.00. The predicted molar refractivity (Wildman–Crippen MR) is 95.9 cm³/mol. The summed E-state index contributed by atoms with van der Waals surface area (Å²) in [5, 5.41) is 0. The minimum atomic E-state index is -3.49. The molecule has 0 aliphatic carbocycles. The van der Waals surface area contributed by atoms with E-state index in [1.807, 2.05) is 31.3 Å². The van der Waals surface area contributed by atoms with Crippen LogP contribution in [-0.2, 0) is 17.1 Å². The van der Waals surface area contributed by atoms with Crippen LogP contribution in [0.25, 0.3) is 11.0 Å². The Morgan fingerprint density at radius 3 is 2.44 bits per heavy atom. The number of para-hydroxylation sites is 2. The molecule has 0 spiro atoms. The molecule has 3 aromatic rings. The van der Waals surface area contributed by atoms with Gasteiger partial charge in [0.1, 0.15) is 4.90 Å². The molecular formula is C17H19N5O2S. The normalized spacial score (nSPS) is 16.4. The topological polar surface area (TPSA) is 71.3 Å². The van der Waals surface area contributed by atoms with Crippen molar-refractivity contribution in [3.8, 4) is 0 Å². The van der Waals surface area contributed by atoms with E-state index in [1.54, 1.807) is 18.3 Å². The van der Waals surface area contributed by atoms with Gasteiger partial charge in [-0.25, -0.2) is 13.4 Å². The average molecular weight is 357 g/mol. The van der Waals surface area contributed by atoms with Crippen LogP contribution in [0.4, 0.5) is 5.95 Å². The lowest BCUT2D eigenvalue weighted by atomic mass is 10.3.